The molecular weight excluding hydrogens is 344 g/mol. The van der Waals surface area contributed by atoms with Crippen LogP contribution in [0.25, 0.3) is 32.5 Å². The Hall–Kier alpha value is -2.30. The van der Waals surface area contributed by atoms with Crippen LogP contribution in [0.3, 0.4) is 0 Å². The Labute approximate surface area is 155 Å². The summed E-state index contributed by atoms with van der Waals surface area (Å²) in [7, 11) is 0. The average Bonchev–Trinajstić information content (AvgIpc) is 3.32. The molecule has 0 saturated carbocycles. The van der Waals surface area contributed by atoms with Crippen LogP contribution in [0.2, 0.25) is 0 Å². The monoisotopic (exact) mass is 362 g/mol. The van der Waals surface area contributed by atoms with Crippen molar-refractivity contribution in [2.75, 3.05) is 0 Å². The predicted octanol–water partition coefficient (Wildman–Crippen LogP) is 6.47. The molecule has 0 saturated heterocycles. The molecule has 0 bridgehead atoms. The van der Waals surface area contributed by atoms with Crippen molar-refractivity contribution in [3.63, 3.8) is 0 Å². The molecule has 2 nitrogen and oxygen atoms in total. The van der Waals surface area contributed by atoms with Crippen molar-refractivity contribution < 1.29 is 0 Å². The highest BCUT2D eigenvalue weighted by Gasteiger charge is 2.11. The van der Waals surface area contributed by atoms with E-state index in [4.69, 9.17) is 9.97 Å². The zero-order chi connectivity index (χ0) is 17.2. The largest absolute Gasteiger partial charge is 0.233 e. The zero-order valence-electron chi connectivity index (χ0n) is 14.2. The number of hydrogen-bond donors (Lipinski definition) is 0. The Balaban J connectivity index is 1.60. The van der Waals surface area contributed by atoms with E-state index in [1.807, 2.05) is 0 Å². The Morgan fingerprint density at radius 1 is 0.720 bits per heavy atom. The molecule has 2 aromatic carbocycles. The summed E-state index contributed by atoms with van der Waals surface area (Å²) >= 11 is 3.31. The number of aromatic nitrogens is 2. The Morgan fingerprint density at radius 2 is 1.20 bits per heavy atom. The molecule has 0 aliphatic rings. The fraction of sp³-hybridized carbons (Fsp3) is 0.143. The maximum absolute atomic E-state index is 4.79. The van der Waals surface area contributed by atoms with Crippen LogP contribution >= 0.6 is 22.7 Å². The summed E-state index contributed by atoms with van der Waals surface area (Å²) < 4.78 is 0. The molecule has 4 heteroatoms. The maximum atomic E-state index is 4.79. The summed E-state index contributed by atoms with van der Waals surface area (Å²) in [5.41, 5.74) is 6.97. The lowest BCUT2D eigenvalue weighted by Gasteiger charge is -1.99. The van der Waals surface area contributed by atoms with Gasteiger partial charge in [-0.3, -0.25) is 0 Å². The third kappa shape index (κ3) is 3.41. The topological polar surface area (TPSA) is 25.8 Å². The molecule has 0 N–H and O–H groups in total. The van der Waals surface area contributed by atoms with E-state index >= 15 is 0 Å². The first-order chi connectivity index (χ1) is 12.2. The first-order valence-electron chi connectivity index (χ1n) is 8.30. The lowest BCUT2D eigenvalue weighted by Crippen LogP contribution is -1.82. The van der Waals surface area contributed by atoms with Gasteiger partial charge in [-0.1, -0.05) is 61.0 Å². The minimum Gasteiger partial charge on any atom is -0.233 e. The van der Waals surface area contributed by atoms with Gasteiger partial charge in [-0.2, -0.15) is 0 Å². The van der Waals surface area contributed by atoms with Crippen LogP contribution in [-0.2, 0) is 6.42 Å². The third-order valence-corrected chi connectivity index (χ3v) is 6.02. The van der Waals surface area contributed by atoms with E-state index in [1.54, 1.807) is 22.7 Å². The van der Waals surface area contributed by atoms with Crippen molar-refractivity contribution in [2.45, 2.75) is 20.3 Å². The van der Waals surface area contributed by atoms with Crippen molar-refractivity contribution in [3.05, 3.63) is 70.4 Å². The summed E-state index contributed by atoms with van der Waals surface area (Å²) in [6.07, 6.45) is 1.06. The van der Waals surface area contributed by atoms with E-state index in [0.717, 1.165) is 39.0 Å². The number of hydrogen-bond acceptors (Lipinski definition) is 4. The van der Waals surface area contributed by atoms with Crippen molar-refractivity contribution >= 4 is 22.7 Å². The van der Waals surface area contributed by atoms with Gasteiger partial charge in [0, 0.05) is 21.9 Å². The quantitative estimate of drug-likeness (QED) is 0.416. The highest BCUT2D eigenvalue weighted by Crippen LogP contribution is 2.33. The first-order valence-corrected chi connectivity index (χ1v) is 10.1. The Morgan fingerprint density at radius 3 is 1.68 bits per heavy atom. The zero-order valence-corrected chi connectivity index (χ0v) is 15.8. The highest BCUT2D eigenvalue weighted by atomic mass is 32.1. The fourth-order valence-electron chi connectivity index (χ4n) is 2.64. The molecule has 4 aromatic rings. The van der Waals surface area contributed by atoms with Crippen LogP contribution in [0.1, 0.15) is 18.1 Å². The molecule has 2 aromatic heterocycles. The van der Waals surface area contributed by atoms with Gasteiger partial charge in [-0.25, -0.2) is 9.97 Å². The molecule has 124 valence electrons. The van der Waals surface area contributed by atoms with E-state index in [0.29, 0.717) is 0 Å². The van der Waals surface area contributed by atoms with Crippen molar-refractivity contribution in [1.82, 2.24) is 9.97 Å². The number of rotatable bonds is 4. The Kier molecular flexibility index (Phi) is 4.47. The summed E-state index contributed by atoms with van der Waals surface area (Å²) in [5.74, 6) is 0. The minimum atomic E-state index is 0.983. The molecule has 2 heterocycles. The van der Waals surface area contributed by atoms with Crippen LogP contribution in [0, 0.1) is 6.92 Å². The molecule has 0 fully saturated rings. The smallest absolute Gasteiger partial charge is 0.152 e. The lowest BCUT2D eigenvalue weighted by atomic mass is 10.1. The first kappa shape index (κ1) is 16.2. The van der Waals surface area contributed by atoms with E-state index in [-0.39, 0.29) is 0 Å². The molecule has 0 spiro atoms. The second-order valence-corrected chi connectivity index (χ2v) is 7.71. The predicted molar refractivity (Wildman–Crippen MR) is 108 cm³/mol. The van der Waals surface area contributed by atoms with Crippen LogP contribution in [0.15, 0.2) is 59.3 Å². The van der Waals surface area contributed by atoms with Crippen LogP contribution < -0.4 is 0 Å². The summed E-state index contributed by atoms with van der Waals surface area (Å²) in [4.78, 5) is 9.58. The second kappa shape index (κ2) is 6.90. The van der Waals surface area contributed by atoms with Gasteiger partial charge in [0.05, 0.1) is 11.4 Å². The van der Waals surface area contributed by atoms with Gasteiger partial charge in [0.1, 0.15) is 0 Å². The van der Waals surface area contributed by atoms with Gasteiger partial charge in [0.2, 0.25) is 0 Å². The van der Waals surface area contributed by atoms with Gasteiger partial charge >= 0.3 is 0 Å². The standard InChI is InChI=1S/C21H18N2S2/c1-3-15-6-10-17(11-7-15)19-13-25-21(23-19)20-22-18(12-24-20)16-8-4-14(2)5-9-16/h4-13H,3H2,1-2H3. The minimum absolute atomic E-state index is 0.983. The van der Waals surface area contributed by atoms with Gasteiger partial charge in [-0.05, 0) is 18.9 Å². The van der Waals surface area contributed by atoms with Gasteiger partial charge in [0.25, 0.3) is 0 Å². The maximum Gasteiger partial charge on any atom is 0.152 e. The molecule has 0 amide bonds. The van der Waals surface area contributed by atoms with E-state index in [9.17, 15) is 0 Å². The van der Waals surface area contributed by atoms with Crippen LogP contribution in [0.5, 0.6) is 0 Å². The number of thiazole rings is 2. The van der Waals surface area contributed by atoms with Crippen molar-refractivity contribution in [2.24, 2.45) is 0 Å². The van der Waals surface area contributed by atoms with Crippen molar-refractivity contribution in [3.8, 4) is 32.5 Å². The third-order valence-electron chi connectivity index (χ3n) is 4.20. The SMILES string of the molecule is CCc1ccc(-c2csc(-c3nc(-c4ccc(C)cc4)cs3)n2)cc1. The van der Waals surface area contributed by atoms with Crippen LogP contribution in [0.4, 0.5) is 0 Å². The van der Waals surface area contributed by atoms with E-state index in [2.05, 4.69) is 73.1 Å². The van der Waals surface area contributed by atoms with E-state index < -0.39 is 0 Å². The molecule has 0 atom stereocenters. The van der Waals surface area contributed by atoms with Crippen LogP contribution in [-0.4, -0.2) is 9.97 Å². The fourth-order valence-corrected chi connectivity index (χ4v) is 4.35. The molecule has 0 unspecified atom stereocenters. The second-order valence-electron chi connectivity index (χ2n) is 5.99. The molecule has 0 aliphatic carbocycles. The number of benzene rings is 2. The molecular formula is C21H18N2S2. The average molecular weight is 363 g/mol. The summed E-state index contributed by atoms with van der Waals surface area (Å²) in [5, 5.41) is 6.19. The molecule has 0 radical (unpaired) electrons. The van der Waals surface area contributed by atoms with Gasteiger partial charge < -0.3 is 0 Å². The molecule has 4 rings (SSSR count). The summed E-state index contributed by atoms with van der Waals surface area (Å²) in [6, 6.07) is 17.1. The normalized spacial score (nSPS) is 11.0. The number of aryl methyl sites for hydroxylation is 2. The van der Waals surface area contributed by atoms with Gasteiger partial charge in [0.15, 0.2) is 10.0 Å². The lowest BCUT2D eigenvalue weighted by molar-refractivity contribution is 1.14. The van der Waals surface area contributed by atoms with E-state index in [1.165, 1.54) is 11.1 Å². The number of nitrogens with zero attached hydrogens (tertiary/aromatic N) is 2. The summed E-state index contributed by atoms with van der Waals surface area (Å²) in [6.45, 7) is 4.27. The molecule has 0 aliphatic heterocycles. The van der Waals surface area contributed by atoms with Crippen molar-refractivity contribution in [1.29, 1.82) is 0 Å². The highest BCUT2D eigenvalue weighted by molar-refractivity contribution is 7.20. The molecule has 25 heavy (non-hydrogen) atoms. The Bertz CT molecular complexity index is 979. The van der Waals surface area contributed by atoms with Gasteiger partial charge in [-0.15, -0.1) is 22.7 Å².